The Hall–Kier alpha value is -0.0800. The molecule has 2 heteroatoms. The predicted octanol–water partition coefficient (Wildman–Crippen LogP) is 0.429. The third kappa shape index (κ3) is 1.95. The van der Waals surface area contributed by atoms with Gasteiger partial charge in [0.1, 0.15) is 0 Å². The summed E-state index contributed by atoms with van der Waals surface area (Å²) in [5.41, 5.74) is 6.03. The van der Waals surface area contributed by atoms with Crippen LogP contribution in [0.2, 0.25) is 0 Å². The van der Waals surface area contributed by atoms with Crippen LogP contribution in [0.4, 0.5) is 0 Å². The van der Waals surface area contributed by atoms with E-state index in [-0.39, 0.29) is 5.54 Å². The molecular weight excluding hydrogens is 112 g/mol. The second-order valence-electron chi connectivity index (χ2n) is 3.46. The molecule has 0 bridgehead atoms. The largest absolute Gasteiger partial charge is 0.325 e. The minimum absolute atomic E-state index is 0.118. The molecule has 9 heavy (non-hydrogen) atoms. The summed E-state index contributed by atoms with van der Waals surface area (Å²) in [5, 5.41) is 0. The lowest BCUT2D eigenvalue weighted by atomic mass is 9.91. The molecule has 0 atom stereocenters. The number of hydrogen-bond donors (Lipinski definition) is 1. The van der Waals surface area contributed by atoms with Crippen molar-refractivity contribution in [3.8, 4) is 0 Å². The molecule has 2 N–H and O–H groups in total. The summed E-state index contributed by atoms with van der Waals surface area (Å²) in [6.45, 7) is 4.46. The average molecular weight is 128 g/mol. The average Bonchev–Trinajstić information content (AvgIpc) is 1.78. The number of rotatable bonds is 0. The molecule has 1 fully saturated rings. The lowest BCUT2D eigenvalue weighted by molar-refractivity contribution is 0.203. The first-order valence-corrected chi connectivity index (χ1v) is 3.58. The lowest BCUT2D eigenvalue weighted by Crippen LogP contribution is -2.46. The molecule has 0 aliphatic carbocycles. The van der Waals surface area contributed by atoms with Crippen LogP contribution >= 0.6 is 0 Å². The molecule has 0 unspecified atom stereocenters. The summed E-state index contributed by atoms with van der Waals surface area (Å²) >= 11 is 0. The maximum Gasteiger partial charge on any atom is 0.0150 e. The Balaban J connectivity index is 2.35. The molecule has 0 saturated carbocycles. The zero-order valence-electron chi connectivity index (χ0n) is 6.35. The van der Waals surface area contributed by atoms with E-state index >= 15 is 0 Å². The van der Waals surface area contributed by atoms with Crippen LogP contribution in [0.25, 0.3) is 0 Å². The van der Waals surface area contributed by atoms with E-state index in [0.29, 0.717) is 0 Å². The van der Waals surface area contributed by atoms with Crippen LogP contribution in [0.5, 0.6) is 0 Å². The summed E-state index contributed by atoms with van der Waals surface area (Å²) in [6.07, 6.45) is 2.28. The van der Waals surface area contributed by atoms with Crippen molar-refractivity contribution in [2.75, 3.05) is 20.1 Å². The van der Waals surface area contributed by atoms with E-state index in [1.54, 1.807) is 0 Å². The molecule has 0 spiro atoms. The Labute approximate surface area is 57.0 Å². The van der Waals surface area contributed by atoms with E-state index in [0.717, 1.165) is 25.9 Å². The molecule has 1 aliphatic rings. The van der Waals surface area contributed by atoms with Crippen LogP contribution in [0.1, 0.15) is 19.8 Å². The van der Waals surface area contributed by atoms with Gasteiger partial charge in [-0.05, 0) is 39.9 Å². The SMILES string of the molecule is CN1CCC(C)(N)CC1. The van der Waals surface area contributed by atoms with Gasteiger partial charge in [-0.1, -0.05) is 0 Å². The van der Waals surface area contributed by atoms with Gasteiger partial charge in [-0.15, -0.1) is 0 Å². The predicted molar refractivity (Wildman–Crippen MR) is 39.3 cm³/mol. The maximum absolute atomic E-state index is 5.91. The monoisotopic (exact) mass is 128 g/mol. The number of piperidine rings is 1. The van der Waals surface area contributed by atoms with Gasteiger partial charge in [0.25, 0.3) is 0 Å². The maximum atomic E-state index is 5.91. The fourth-order valence-electron chi connectivity index (χ4n) is 1.13. The van der Waals surface area contributed by atoms with Crippen molar-refractivity contribution in [1.82, 2.24) is 4.90 Å². The first kappa shape index (κ1) is 7.03. The van der Waals surface area contributed by atoms with Gasteiger partial charge in [0, 0.05) is 5.54 Å². The highest BCUT2D eigenvalue weighted by Gasteiger charge is 2.23. The van der Waals surface area contributed by atoms with Crippen LogP contribution in [0.3, 0.4) is 0 Å². The van der Waals surface area contributed by atoms with Gasteiger partial charge >= 0.3 is 0 Å². The Morgan fingerprint density at radius 3 is 2.11 bits per heavy atom. The lowest BCUT2D eigenvalue weighted by Gasteiger charge is -2.34. The third-order valence-electron chi connectivity index (χ3n) is 2.13. The molecule has 2 nitrogen and oxygen atoms in total. The van der Waals surface area contributed by atoms with Gasteiger partial charge in [0.05, 0.1) is 0 Å². The third-order valence-corrected chi connectivity index (χ3v) is 2.13. The van der Waals surface area contributed by atoms with Gasteiger partial charge < -0.3 is 10.6 Å². The van der Waals surface area contributed by atoms with Crippen LogP contribution in [-0.4, -0.2) is 30.6 Å². The fraction of sp³-hybridized carbons (Fsp3) is 1.00. The smallest absolute Gasteiger partial charge is 0.0150 e. The second kappa shape index (κ2) is 2.27. The van der Waals surface area contributed by atoms with E-state index in [1.165, 1.54) is 0 Å². The minimum Gasteiger partial charge on any atom is -0.325 e. The fourth-order valence-corrected chi connectivity index (χ4v) is 1.13. The van der Waals surface area contributed by atoms with Gasteiger partial charge in [-0.25, -0.2) is 0 Å². The Bertz CT molecular complexity index is 89.1. The molecule has 1 rings (SSSR count). The summed E-state index contributed by atoms with van der Waals surface area (Å²) in [7, 11) is 2.15. The van der Waals surface area contributed by atoms with Crippen LogP contribution < -0.4 is 5.73 Å². The summed E-state index contributed by atoms with van der Waals surface area (Å²) < 4.78 is 0. The summed E-state index contributed by atoms with van der Waals surface area (Å²) in [5.74, 6) is 0. The topological polar surface area (TPSA) is 29.3 Å². The normalized spacial score (nSPS) is 28.3. The number of nitrogens with two attached hydrogens (primary N) is 1. The van der Waals surface area contributed by atoms with Crippen LogP contribution in [-0.2, 0) is 0 Å². The van der Waals surface area contributed by atoms with Gasteiger partial charge in [0.15, 0.2) is 0 Å². The molecule has 1 saturated heterocycles. The van der Waals surface area contributed by atoms with E-state index < -0.39 is 0 Å². The molecule has 0 aromatic carbocycles. The molecule has 0 aromatic rings. The van der Waals surface area contributed by atoms with Gasteiger partial charge in [-0.2, -0.15) is 0 Å². The summed E-state index contributed by atoms with van der Waals surface area (Å²) in [6, 6.07) is 0. The van der Waals surface area contributed by atoms with Crippen molar-refractivity contribution in [3.63, 3.8) is 0 Å². The van der Waals surface area contributed by atoms with Gasteiger partial charge in [-0.3, -0.25) is 0 Å². The van der Waals surface area contributed by atoms with E-state index in [4.69, 9.17) is 5.73 Å². The van der Waals surface area contributed by atoms with Crippen LogP contribution in [0, 0.1) is 0 Å². The van der Waals surface area contributed by atoms with E-state index in [2.05, 4.69) is 18.9 Å². The first-order valence-electron chi connectivity index (χ1n) is 3.58. The Morgan fingerprint density at radius 2 is 1.78 bits per heavy atom. The van der Waals surface area contributed by atoms with Crippen LogP contribution in [0.15, 0.2) is 0 Å². The number of likely N-dealkylation sites (tertiary alicyclic amines) is 1. The number of hydrogen-bond acceptors (Lipinski definition) is 2. The van der Waals surface area contributed by atoms with Crippen molar-refractivity contribution < 1.29 is 0 Å². The second-order valence-corrected chi connectivity index (χ2v) is 3.46. The number of nitrogens with zero attached hydrogens (tertiary/aromatic N) is 1. The zero-order valence-corrected chi connectivity index (χ0v) is 6.35. The molecule has 1 aliphatic heterocycles. The molecule has 54 valence electrons. The molecular formula is C7H16N2. The standard InChI is InChI=1S/C7H16N2/c1-7(8)3-5-9(2)6-4-7/h3-6,8H2,1-2H3. The van der Waals surface area contributed by atoms with Crippen molar-refractivity contribution in [2.24, 2.45) is 5.73 Å². The molecule has 0 amide bonds. The van der Waals surface area contributed by atoms with Crippen molar-refractivity contribution in [2.45, 2.75) is 25.3 Å². The van der Waals surface area contributed by atoms with E-state index in [1.807, 2.05) is 0 Å². The Kier molecular flexibility index (Phi) is 1.78. The highest BCUT2D eigenvalue weighted by atomic mass is 15.1. The highest BCUT2D eigenvalue weighted by molar-refractivity contribution is 4.84. The van der Waals surface area contributed by atoms with E-state index in [9.17, 15) is 0 Å². The molecule has 1 heterocycles. The van der Waals surface area contributed by atoms with Crippen molar-refractivity contribution in [3.05, 3.63) is 0 Å². The van der Waals surface area contributed by atoms with Crippen molar-refractivity contribution in [1.29, 1.82) is 0 Å². The Morgan fingerprint density at radius 1 is 1.33 bits per heavy atom. The quantitative estimate of drug-likeness (QED) is 0.512. The zero-order chi connectivity index (χ0) is 6.91. The van der Waals surface area contributed by atoms with Crippen molar-refractivity contribution >= 4 is 0 Å². The first-order chi connectivity index (χ1) is 4.10. The summed E-state index contributed by atoms with van der Waals surface area (Å²) in [4.78, 5) is 2.33. The molecule has 0 radical (unpaired) electrons. The minimum atomic E-state index is 0.118. The molecule has 0 aromatic heterocycles. The van der Waals surface area contributed by atoms with Gasteiger partial charge in [0.2, 0.25) is 0 Å². The highest BCUT2D eigenvalue weighted by Crippen LogP contribution is 2.16.